The second kappa shape index (κ2) is 4.04. The molecule has 0 saturated heterocycles. The van der Waals surface area contributed by atoms with Gasteiger partial charge < -0.3 is 4.74 Å². The molecule has 1 aromatic rings. The molecule has 0 aromatic carbocycles. The van der Waals surface area contributed by atoms with Crippen molar-refractivity contribution < 1.29 is 7.48 Å². The summed E-state index contributed by atoms with van der Waals surface area (Å²) in [6, 6.07) is 0. The molecule has 1 rings (SSSR count). The summed E-state index contributed by atoms with van der Waals surface area (Å²) in [5.41, 5.74) is 0.715. The highest BCUT2D eigenvalue weighted by molar-refractivity contribution is 5.17. The normalized spacial score (nSPS) is 13.0. The quantitative estimate of drug-likeness (QED) is 0.688. The summed E-state index contributed by atoms with van der Waals surface area (Å²) in [5.74, 6) is 0.750. The molecule has 66 valence electrons. The fraction of sp³-hybridized carbons (Fsp3) is 0.556. The van der Waals surface area contributed by atoms with Gasteiger partial charge in [-0.15, -0.1) is 0 Å². The predicted octanol–water partition coefficient (Wildman–Crippen LogP) is 1.68. The van der Waals surface area contributed by atoms with Gasteiger partial charge >= 0.3 is 0 Å². The van der Waals surface area contributed by atoms with Crippen molar-refractivity contribution in [3.63, 3.8) is 0 Å². The fourth-order valence-corrected chi connectivity index (χ4v) is 0.979. The lowest BCUT2D eigenvalue weighted by atomic mass is 10.1. The third-order valence-corrected chi connectivity index (χ3v) is 1.45. The molecule has 0 unspecified atom stereocenters. The van der Waals surface area contributed by atoms with Crippen molar-refractivity contribution in [3.8, 4) is 5.88 Å². The number of nitrogens with zero attached hydrogens (tertiary/aromatic N) is 2. The first kappa shape index (κ1) is 6.40. The maximum atomic E-state index is 6.97. The Kier molecular flexibility index (Phi) is 2.16. The Hall–Kier alpha value is -1.12. The van der Waals surface area contributed by atoms with Gasteiger partial charge in [0, 0.05) is 12.4 Å². The molecule has 1 aromatic heterocycles. The van der Waals surface area contributed by atoms with Gasteiger partial charge in [0.05, 0.1) is 9.80 Å². The molecular weight excluding hydrogens is 152 g/mol. The van der Waals surface area contributed by atoms with Crippen molar-refractivity contribution in [2.75, 3.05) is 7.06 Å². The molecule has 0 radical (unpaired) electrons. The highest BCUT2D eigenvalue weighted by Gasteiger charge is 2.06. The lowest BCUT2D eigenvalue weighted by Gasteiger charge is -2.06. The van der Waals surface area contributed by atoms with Crippen LogP contribution in [0.15, 0.2) is 12.4 Å². The van der Waals surface area contributed by atoms with Crippen molar-refractivity contribution in [1.82, 2.24) is 9.97 Å². The van der Waals surface area contributed by atoms with E-state index in [1.807, 2.05) is 0 Å². The Balaban J connectivity index is 2.80. The van der Waals surface area contributed by atoms with E-state index in [9.17, 15) is 0 Å². The number of aromatic nitrogens is 2. The van der Waals surface area contributed by atoms with Gasteiger partial charge in [-0.2, -0.15) is 0 Å². The molecule has 0 aliphatic rings. The van der Waals surface area contributed by atoms with Crippen LogP contribution in [-0.4, -0.2) is 17.0 Å². The molecule has 0 saturated carbocycles. The second-order valence-electron chi connectivity index (χ2n) is 3.02. The minimum atomic E-state index is -1.35. The monoisotopic (exact) mass is 168 g/mol. The van der Waals surface area contributed by atoms with Gasteiger partial charge in [-0.25, -0.2) is 4.98 Å². The maximum absolute atomic E-state index is 6.97. The first-order chi connectivity index (χ1) is 6.59. The molecule has 0 bridgehead atoms. The Labute approximate surface area is 75.6 Å². The van der Waals surface area contributed by atoms with Crippen molar-refractivity contribution in [3.05, 3.63) is 18.1 Å². The summed E-state index contributed by atoms with van der Waals surface area (Å²) in [4.78, 5) is 8.06. The summed E-state index contributed by atoms with van der Waals surface area (Å²) < 4.78 is 18.8. The van der Waals surface area contributed by atoms with Gasteiger partial charge in [-0.05, 0) is 12.3 Å². The molecule has 0 amide bonds. The van der Waals surface area contributed by atoms with Crippen LogP contribution in [0.25, 0.3) is 0 Å². The van der Waals surface area contributed by atoms with Crippen LogP contribution < -0.4 is 4.74 Å². The number of methoxy groups -OCH3 is 1. The number of hydrogen-bond acceptors (Lipinski definition) is 3. The van der Waals surface area contributed by atoms with Crippen LogP contribution in [0.1, 0.15) is 22.3 Å². The van der Waals surface area contributed by atoms with E-state index in [0.717, 1.165) is 6.42 Å². The van der Waals surface area contributed by atoms with E-state index in [2.05, 4.69) is 23.8 Å². The van der Waals surface area contributed by atoms with E-state index in [1.54, 1.807) is 6.20 Å². The minimum Gasteiger partial charge on any atom is -0.480 e. The molecule has 0 N–H and O–H groups in total. The summed E-state index contributed by atoms with van der Waals surface area (Å²) in [6.45, 7) is 4.13. The minimum absolute atomic E-state index is 0.302. The number of ether oxygens (including phenoxy) is 1. The van der Waals surface area contributed by atoms with E-state index < -0.39 is 7.06 Å². The molecule has 0 spiro atoms. The van der Waals surface area contributed by atoms with Crippen LogP contribution >= 0.6 is 0 Å². The van der Waals surface area contributed by atoms with Gasteiger partial charge in [0.25, 0.3) is 0 Å². The predicted molar refractivity (Wildman–Crippen MR) is 47.1 cm³/mol. The SMILES string of the molecule is [2H]C([2H])Oc1nccnc1CC(C)C. The lowest BCUT2D eigenvalue weighted by molar-refractivity contribution is 0.386. The lowest BCUT2D eigenvalue weighted by Crippen LogP contribution is -2.01. The van der Waals surface area contributed by atoms with Crippen LogP contribution in [0, 0.1) is 5.92 Å². The Bertz CT molecular complexity index is 263. The largest absolute Gasteiger partial charge is 0.480 e. The summed E-state index contributed by atoms with van der Waals surface area (Å²) >= 11 is 0. The topological polar surface area (TPSA) is 35.0 Å². The van der Waals surface area contributed by atoms with Gasteiger partial charge in [-0.1, -0.05) is 13.8 Å². The van der Waals surface area contributed by atoms with Gasteiger partial charge in [-0.3, -0.25) is 4.98 Å². The zero-order valence-electron chi connectivity index (χ0n) is 9.32. The van der Waals surface area contributed by atoms with E-state index >= 15 is 0 Å². The third kappa shape index (κ3) is 2.19. The highest BCUT2D eigenvalue weighted by Crippen LogP contribution is 2.14. The molecular formula is C9H14N2O. The molecule has 0 atom stereocenters. The fourth-order valence-electron chi connectivity index (χ4n) is 0.979. The van der Waals surface area contributed by atoms with Crippen LogP contribution in [0.4, 0.5) is 0 Å². The molecule has 3 nitrogen and oxygen atoms in total. The number of rotatable bonds is 3. The standard InChI is InChI=1S/C9H14N2O/c1-7(2)6-8-9(12-3)11-5-4-10-8/h4-5,7H,6H2,1-3H3/i3D2. The molecule has 0 aliphatic heterocycles. The Morgan fingerprint density at radius 2 is 2.25 bits per heavy atom. The van der Waals surface area contributed by atoms with Crippen LogP contribution in [0.3, 0.4) is 0 Å². The van der Waals surface area contributed by atoms with Crippen molar-refractivity contribution in [2.45, 2.75) is 20.3 Å². The smallest absolute Gasteiger partial charge is 0.235 e. The van der Waals surface area contributed by atoms with Crippen molar-refractivity contribution >= 4 is 0 Å². The third-order valence-electron chi connectivity index (χ3n) is 1.45. The zero-order valence-corrected chi connectivity index (χ0v) is 7.32. The van der Waals surface area contributed by atoms with Crippen molar-refractivity contribution in [1.29, 1.82) is 0 Å². The van der Waals surface area contributed by atoms with Crippen LogP contribution in [-0.2, 0) is 6.42 Å². The zero-order chi connectivity index (χ0) is 10.6. The molecule has 12 heavy (non-hydrogen) atoms. The summed E-state index contributed by atoms with van der Waals surface area (Å²) in [5, 5.41) is 0. The average Bonchev–Trinajstić information content (AvgIpc) is 2.06. The number of hydrogen-bond donors (Lipinski definition) is 0. The van der Waals surface area contributed by atoms with Crippen LogP contribution in [0.2, 0.25) is 0 Å². The van der Waals surface area contributed by atoms with Gasteiger partial charge in [0.15, 0.2) is 0 Å². The van der Waals surface area contributed by atoms with Gasteiger partial charge in [0.2, 0.25) is 5.88 Å². The van der Waals surface area contributed by atoms with Gasteiger partial charge in [0.1, 0.15) is 5.69 Å². The van der Waals surface area contributed by atoms with E-state index in [1.165, 1.54) is 6.20 Å². The van der Waals surface area contributed by atoms with Crippen LogP contribution in [0.5, 0.6) is 5.88 Å². The Morgan fingerprint density at radius 1 is 1.50 bits per heavy atom. The molecule has 0 aliphatic carbocycles. The first-order valence-corrected chi connectivity index (χ1v) is 3.90. The maximum Gasteiger partial charge on any atom is 0.235 e. The van der Waals surface area contributed by atoms with Crippen molar-refractivity contribution in [2.24, 2.45) is 5.92 Å². The molecule has 0 fully saturated rings. The first-order valence-electron chi connectivity index (χ1n) is 5.06. The van der Waals surface area contributed by atoms with E-state index in [0.29, 0.717) is 17.5 Å². The summed E-state index contributed by atoms with van der Waals surface area (Å²) in [6.07, 6.45) is 3.84. The molecule has 1 heterocycles. The Morgan fingerprint density at radius 3 is 2.92 bits per heavy atom. The van der Waals surface area contributed by atoms with E-state index in [4.69, 9.17) is 7.48 Å². The summed E-state index contributed by atoms with van der Waals surface area (Å²) in [7, 11) is -1.35. The molecule has 3 heteroatoms. The van der Waals surface area contributed by atoms with E-state index in [-0.39, 0.29) is 0 Å². The average molecular weight is 168 g/mol. The highest BCUT2D eigenvalue weighted by atomic mass is 16.5. The second-order valence-corrected chi connectivity index (χ2v) is 3.02.